The predicted molar refractivity (Wildman–Crippen MR) is 117 cm³/mol. The molecule has 1 N–H and O–H groups in total. The van der Waals surface area contributed by atoms with E-state index in [1.807, 2.05) is 12.1 Å². The van der Waals surface area contributed by atoms with E-state index in [9.17, 15) is 4.79 Å². The summed E-state index contributed by atoms with van der Waals surface area (Å²) in [5.74, 6) is 1.04. The number of benzene rings is 1. The van der Waals surface area contributed by atoms with Crippen LogP contribution in [0.25, 0.3) is 11.0 Å². The smallest absolute Gasteiger partial charge is 0.341 e. The summed E-state index contributed by atoms with van der Waals surface area (Å²) in [7, 11) is 3.13. The number of methoxy groups -OCH3 is 2. The van der Waals surface area contributed by atoms with Gasteiger partial charge in [-0.3, -0.25) is 4.90 Å². The highest BCUT2D eigenvalue weighted by Gasteiger charge is 2.25. The highest BCUT2D eigenvalue weighted by atomic mass is 35.5. The fraction of sp³-hybridized carbons (Fsp3) is 0.550. The summed E-state index contributed by atoms with van der Waals surface area (Å²) in [6.07, 6.45) is 1.95. The molecule has 1 aromatic carbocycles. The lowest BCUT2D eigenvalue weighted by atomic mass is 9.97. The largest absolute Gasteiger partial charge is 0.493 e. The zero-order valence-corrected chi connectivity index (χ0v) is 18.5. The van der Waals surface area contributed by atoms with Crippen molar-refractivity contribution in [3.63, 3.8) is 0 Å². The molecule has 0 amide bonds. The molecule has 8 heteroatoms. The van der Waals surface area contributed by atoms with Crippen molar-refractivity contribution in [2.75, 3.05) is 33.9 Å². The van der Waals surface area contributed by atoms with Crippen LogP contribution in [0.4, 0.5) is 0 Å². The first-order valence-corrected chi connectivity index (χ1v) is 9.24. The summed E-state index contributed by atoms with van der Waals surface area (Å²) in [5, 5.41) is 4.44. The second-order valence-electron chi connectivity index (χ2n) is 6.86. The molecule has 3 rings (SSSR count). The number of nitrogens with zero attached hydrogens (tertiary/aromatic N) is 1. The van der Waals surface area contributed by atoms with E-state index in [1.165, 1.54) is 0 Å². The monoisotopic (exact) mass is 432 g/mol. The van der Waals surface area contributed by atoms with Crippen LogP contribution in [0.1, 0.15) is 31.4 Å². The number of nitrogens with one attached hydrogen (secondary N) is 1. The van der Waals surface area contributed by atoms with Crippen LogP contribution in [-0.2, 0) is 13.0 Å². The summed E-state index contributed by atoms with van der Waals surface area (Å²) < 4.78 is 16.4. The molecule has 0 fully saturated rings. The Morgan fingerprint density at radius 3 is 2.61 bits per heavy atom. The number of hydrogen-bond donors (Lipinski definition) is 1. The molecule has 0 saturated carbocycles. The molecule has 0 radical (unpaired) electrons. The molecule has 28 heavy (non-hydrogen) atoms. The van der Waals surface area contributed by atoms with E-state index in [-0.39, 0.29) is 30.4 Å². The SMILES string of the molecule is CCCNC(C)CN1CCc2c(c(=O)oc3c(OC)c(OC)ccc23)C1.Cl.Cl. The summed E-state index contributed by atoms with van der Waals surface area (Å²) in [4.78, 5) is 15.0. The Labute approximate surface area is 178 Å². The van der Waals surface area contributed by atoms with E-state index in [0.29, 0.717) is 29.7 Å². The molecule has 0 aliphatic carbocycles. The van der Waals surface area contributed by atoms with E-state index in [0.717, 1.165) is 49.0 Å². The number of hydrogen-bond acceptors (Lipinski definition) is 6. The van der Waals surface area contributed by atoms with E-state index in [1.54, 1.807) is 14.2 Å². The van der Waals surface area contributed by atoms with Crippen molar-refractivity contribution in [2.45, 2.75) is 39.3 Å². The van der Waals surface area contributed by atoms with Crippen LogP contribution in [0.3, 0.4) is 0 Å². The zero-order chi connectivity index (χ0) is 18.7. The lowest BCUT2D eigenvalue weighted by Crippen LogP contribution is -2.42. The third-order valence-electron chi connectivity index (χ3n) is 4.97. The molecule has 2 aromatic rings. The Morgan fingerprint density at radius 1 is 1.21 bits per heavy atom. The van der Waals surface area contributed by atoms with Gasteiger partial charge in [-0.15, -0.1) is 24.8 Å². The van der Waals surface area contributed by atoms with Crippen LogP contribution in [0.5, 0.6) is 11.5 Å². The molecule has 2 heterocycles. The number of rotatable bonds is 7. The van der Waals surface area contributed by atoms with E-state index in [2.05, 4.69) is 24.1 Å². The molecule has 0 spiro atoms. The number of fused-ring (bicyclic) bond motifs is 3. The molecule has 6 nitrogen and oxygen atoms in total. The predicted octanol–water partition coefficient (Wildman–Crippen LogP) is 3.40. The van der Waals surface area contributed by atoms with Crippen molar-refractivity contribution in [3.05, 3.63) is 33.7 Å². The van der Waals surface area contributed by atoms with Crippen molar-refractivity contribution in [1.82, 2.24) is 10.2 Å². The van der Waals surface area contributed by atoms with Gasteiger partial charge in [0.2, 0.25) is 5.75 Å². The molecule has 1 aromatic heterocycles. The third-order valence-corrected chi connectivity index (χ3v) is 4.97. The normalized spacial score (nSPS) is 14.6. The van der Waals surface area contributed by atoms with E-state index >= 15 is 0 Å². The van der Waals surface area contributed by atoms with Crippen LogP contribution in [0.15, 0.2) is 21.3 Å². The minimum atomic E-state index is -0.280. The Bertz CT molecular complexity index is 841. The molecule has 1 unspecified atom stereocenters. The van der Waals surface area contributed by atoms with Gasteiger partial charge >= 0.3 is 5.63 Å². The second-order valence-corrected chi connectivity index (χ2v) is 6.86. The van der Waals surface area contributed by atoms with Crippen molar-refractivity contribution >= 4 is 35.8 Å². The van der Waals surface area contributed by atoms with Gasteiger partial charge in [0.05, 0.1) is 19.8 Å². The van der Waals surface area contributed by atoms with Gasteiger partial charge in [0.1, 0.15) is 0 Å². The molecular formula is C20H30Cl2N2O4. The van der Waals surface area contributed by atoms with Crippen LogP contribution >= 0.6 is 24.8 Å². The Hall–Kier alpha value is -1.47. The lowest BCUT2D eigenvalue weighted by molar-refractivity contribution is 0.226. The maximum Gasteiger partial charge on any atom is 0.341 e. The maximum absolute atomic E-state index is 12.6. The highest BCUT2D eigenvalue weighted by molar-refractivity contribution is 5.89. The Balaban J connectivity index is 0.00000196. The first-order valence-electron chi connectivity index (χ1n) is 9.24. The molecule has 1 aliphatic rings. The first kappa shape index (κ1) is 24.6. The topological polar surface area (TPSA) is 63.9 Å². The van der Waals surface area contributed by atoms with Gasteiger partial charge in [-0.05, 0) is 44.0 Å². The summed E-state index contributed by atoms with van der Waals surface area (Å²) >= 11 is 0. The van der Waals surface area contributed by atoms with E-state index in [4.69, 9.17) is 13.9 Å². The van der Waals surface area contributed by atoms with Crippen LogP contribution in [0, 0.1) is 0 Å². The van der Waals surface area contributed by atoms with Gasteiger partial charge < -0.3 is 19.2 Å². The van der Waals surface area contributed by atoms with Gasteiger partial charge in [0.25, 0.3) is 0 Å². The minimum absolute atomic E-state index is 0. The quantitative estimate of drug-likeness (QED) is 0.676. The van der Waals surface area contributed by atoms with Crippen molar-refractivity contribution in [2.24, 2.45) is 0 Å². The Kier molecular flexibility index (Phi) is 9.57. The van der Waals surface area contributed by atoms with Gasteiger partial charge in [-0.1, -0.05) is 6.92 Å². The molecule has 158 valence electrons. The van der Waals surface area contributed by atoms with E-state index < -0.39 is 0 Å². The summed E-state index contributed by atoms with van der Waals surface area (Å²) in [5.41, 5.74) is 2.03. The summed E-state index contributed by atoms with van der Waals surface area (Å²) in [6, 6.07) is 4.22. The highest BCUT2D eigenvalue weighted by Crippen LogP contribution is 2.37. The second kappa shape index (κ2) is 10.9. The van der Waals surface area contributed by atoms with Crippen LogP contribution in [-0.4, -0.2) is 44.8 Å². The zero-order valence-electron chi connectivity index (χ0n) is 16.9. The average molecular weight is 433 g/mol. The van der Waals surface area contributed by atoms with Crippen molar-refractivity contribution < 1.29 is 13.9 Å². The first-order chi connectivity index (χ1) is 12.6. The van der Waals surface area contributed by atoms with Gasteiger partial charge in [-0.2, -0.15) is 0 Å². The number of ether oxygens (including phenoxy) is 2. The molecule has 1 aliphatic heterocycles. The minimum Gasteiger partial charge on any atom is -0.493 e. The molecule has 0 saturated heterocycles. The van der Waals surface area contributed by atoms with Gasteiger partial charge in [-0.25, -0.2) is 4.79 Å². The molecular weight excluding hydrogens is 403 g/mol. The lowest BCUT2D eigenvalue weighted by Gasteiger charge is -2.31. The standard InChI is InChI=1S/C20H28N2O4.2ClH/c1-5-9-21-13(2)11-22-10-8-14-15-6-7-17(24-3)19(25-4)18(15)26-20(23)16(14)12-22;;/h6-7,13,21H,5,8-12H2,1-4H3;2*1H. The fourth-order valence-electron chi connectivity index (χ4n) is 3.69. The maximum atomic E-state index is 12.6. The van der Waals surface area contributed by atoms with Crippen molar-refractivity contribution in [3.8, 4) is 11.5 Å². The summed E-state index contributed by atoms with van der Waals surface area (Å²) in [6.45, 7) is 7.84. The van der Waals surface area contributed by atoms with Crippen LogP contribution in [0.2, 0.25) is 0 Å². The molecule has 0 bridgehead atoms. The average Bonchev–Trinajstić information content (AvgIpc) is 2.65. The van der Waals surface area contributed by atoms with Crippen LogP contribution < -0.4 is 20.4 Å². The van der Waals surface area contributed by atoms with Gasteiger partial charge in [0, 0.05) is 31.1 Å². The Morgan fingerprint density at radius 2 is 1.96 bits per heavy atom. The van der Waals surface area contributed by atoms with Crippen molar-refractivity contribution in [1.29, 1.82) is 0 Å². The third kappa shape index (κ3) is 4.92. The number of halogens is 2. The molecule has 1 atom stereocenters. The fourth-order valence-corrected chi connectivity index (χ4v) is 3.69. The van der Waals surface area contributed by atoms with Gasteiger partial charge in [0.15, 0.2) is 11.3 Å².